The summed E-state index contributed by atoms with van der Waals surface area (Å²) in [6.45, 7) is -0.122. The summed E-state index contributed by atoms with van der Waals surface area (Å²) < 4.78 is 23.3. The number of nitrogens with zero attached hydrogens (tertiary/aromatic N) is 1. The molecule has 6 nitrogen and oxygen atoms in total. The molecule has 1 amide bonds. The summed E-state index contributed by atoms with van der Waals surface area (Å²) in [5.41, 5.74) is 1.99. The molecule has 0 heterocycles. The van der Waals surface area contributed by atoms with Crippen molar-refractivity contribution in [2.45, 2.75) is 6.54 Å². The Morgan fingerprint density at radius 1 is 1.12 bits per heavy atom. The Labute approximate surface area is 151 Å². The predicted molar refractivity (Wildman–Crippen MR) is 95.9 cm³/mol. The number of methoxy groups -OCH3 is 1. The van der Waals surface area contributed by atoms with Gasteiger partial charge in [0.25, 0.3) is 5.91 Å². The highest BCUT2D eigenvalue weighted by molar-refractivity contribution is 5.91. The number of carbonyl (C=O) groups excluding carboxylic acids is 2. The molecule has 0 aromatic heterocycles. The lowest BCUT2D eigenvalue weighted by atomic mass is 10.2. The van der Waals surface area contributed by atoms with E-state index in [1.54, 1.807) is 0 Å². The van der Waals surface area contributed by atoms with E-state index in [-0.39, 0.29) is 11.3 Å². The highest BCUT2D eigenvalue weighted by atomic mass is 19.1. The summed E-state index contributed by atoms with van der Waals surface area (Å²) in [7, 11) is 5.22. The van der Waals surface area contributed by atoms with Crippen LogP contribution in [0.15, 0.2) is 42.5 Å². The third kappa shape index (κ3) is 5.20. The molecule has 1 N–H and O–H groups in total. The fourth-order valence-corrected chi connectivity index (χ4v) is 2.17. The zero-order chi connectivity index (χ0) is 19.1. The third-order valence-corrected chi connectivity index (χ3v) is 3.66. The number of hydrogen-bond acceptors (Lipinski definition) is 5. The highest BCUT2D eigenvalue weighted by Gasteiger charge is 2.13. The molecule has 0 aliphatic carbocycles. The van der Waals surface area contributed by atoms with Gasteiger partial charge < -0.3 is 19.7 Å². The molecular formula is C19H21FN2O4. The summed E-state index contributed by atoms with van der Waals surface area (Å²) in [6.07, 6.45) is 0. The van der Waals surface area contributed by atoms with Gasteiger partial charge in [-0.25, -0.2) is 9.18 Å². The van der Waals surface area contributed by atoms with E-state index in [1.165, 1.54) is 19.2 Å². The van der Waals surface area contributed by atoms with Gasteiger partial charge in [-0.1, -0.05) is 12.1 Å². The zero-order valence-corrected chi connectivity index (χ0v) is 14.9. The molecule has 2 aromatic rings. The van der Waals surface area contributed by atoms with Crippen molar-refractivity contribution in [3.8, 4) is 5.75 Å². The van der Waals surface area contributed by atoms with Crippen LogP contribution in [0.3, 0.4) is 0 Å². The molecule has 0 atom stereocenters. The molecule has 0 saturated heterocycles. The molecule has 2 aromatic carbocycles. The minimum atomic E-state index is -0.781. The van der Waals surface area contributed by atoms with Gasteiger partial charge in [-0.2, -0.15) is 0 Å². The van der Waals surface area contributed by atoms with Crippen LogP contribution in [-0.2, 0) is 16.1 Å². The summed E-state index contributed by atoms with van der Waals surface area (Å²) in [5, 5.41) is 2.66. The van der Waals surface area contributed by atoms with E-state index in [4.69, 9.17) is 9.47 Å². The predicted octanol–water partition coefficient (Wildman–Crippen LogP) is 2.37. The number of hydrogen-bond donors (Lipinski definition) is 1. The van der Waals surface area contributed by atoms with Gasteiger partial charge in [0.05, 0.1) is 12.7 Å². The Morgan fingerprint density at radius 3 is 2.38 bits per heavy atom. The van der Waals surface area contributed by atoms with Crippen molar-refractivity contribution in [1.29, 1.82) is 0 Å². The van der Waals surface area contributed by atoms with Gasteiger partial charge in [-0.05, 0) is 35.9 Å². The Bertz CT molecular complexity index is 776. The van der Waals surface area contributed by atoms with E-state index in [0.717, 1.165) is 17.3 Å². The lowest BCUT2D eigenvalue weighted by Gasteiger charge is -2.13. The summed E-state index contributed by atoms with van der Waals surface area (Å²) >= 11 is 0. The molecule has 0 fully saturated rings. The number of ether oxygens (including phenoxy) is 2. The molecule has 0 bridgehead atoms. The second-order valence-corrected chi connectivity index (χ2v) is 5.76. The third-order valence-electron chi connectivity index (χ3n) is 3.66. The van der Waals surface area contributed by atoms with Crippen molar-refractivity contribution >= 4 is 17.6 Å². The van der Waals surface area contributed by atoms with E-state index in [0.29, 0.717) is 6.54 Å². The number of amides is 1. The van der Waals surface area contributed by atoms with E-state index in [2.05, 4.69) is 5.32 Å². The quantitative estimate of drug-likeness (QED) is 0.768. The first-order valence-corrected chi connectivity index (χ1v) is 7.94. The first-order chi connectivity index (χ1) is 12.4. The van der Waals surface area contributed by atoms with Crippen molar-refractivity contribution in [1.82, 2.24) is 5.32 Å². The molecule has 0 spiro atoms. The molecule has 0 unspecified atom stereocenters. The molecule has 0 aliphatic heterocycles. The number of halogens is 1. The number of nitrogens with one attached hydrogen (secondary N) is 1. The zero-order valence-electron chi connectivity index (χ0n) is 14.9. The smallest absolute Gasteiger partial charge is 0.338 e. The molecule has 138 valence electrons. The standard InChI is InChI=1S/C19H21FN2O4/c1-22(2)15-7-4-13(5-8-15)11-21-18(23)12-26-19(24)14-6-9-17(25-3)16(20)10-14/h4-10H,11-12H2,1-3H3,(H,21,23). The molecular weight excluding hydrogens is 339 g/mol. The van der Waals surface area contributed by atoms with Crippen molar-refractivity contribution in [3.05, 3.63) is 59.4 Å². The second-order valence-electron chi connectivity index (χ2n) is 5.76. The maximum Gasteiger partial charge on any atom is 0.338 e. The average molecular weight is 360 g/mol. The SMILES string of the molecule is COc1ccc(C(=O)OCC(=O)NCc2ccc(N(C)C)cc2)cc1F. The number of anilines is 1. The molecule has 0 saturated carbocycles. The lowest BCUT2D eigenvalue weighted by Crippen LogP contribution is -2.28. The number of esters is 1. The van der Waals surface area contributed by atoms with E-state index in [9.17, 15) is 14.0 Å². The van der Waals surface area contributed by atoms with Crippen molar-refractivity contribution in [2.24, 2.45) is 0 Å². The molecule has 0 aliphatic rings. The van der Waals surface area contributed by atoms with Crippen molar-refractivity contribution in [3.63, 3.8) is 0 Å². The monoisotopic (exact) mass is 360 g/mol. The van der Waals surface area contributed by atoms with Crippen LogP contribution in [0.5, 0.6) is 5.75 Å². The molecule has 7 heteroatoms. The number of rotatable bonds is 7. The number of carbonyl (C=O) groups is 2. The summed E-state index contributed by atoms with van der Waals surface area (Å²) in [6, 6.07) is 11.4. The van der Waals surface area contributed by atoms with Crippen LogP contribution >= 0.6 is 0 Å². The number of benzene rings is 2. The Hall–Kier alpha value is -3.09. The minimum absolute atomic E-state index is 0.00961. The highest BCUT2D eigenvalue weighted by Crippen LogP contribution is 2.18. The van der Waals surface area contributed by atoms with Gasteiger partial charge in [0, 0.05) is 26.3 Å². The summed E-state index contributed by atoms with van der Waals surface area (Å²) in [4.78, 5) is 25.6. The average Bonchev–Trinajstić information content (AvgIpc) is 2.64. The van der Waals surface area contributed by atoms with Gasteiger partial charge in [0.2, 0.25) is 0 Å². The lowest BCUT2D eigenvalue weighted by molar-refractivity contribution is -0.124. The first kappa shape index (κ1) is 19.2. The minimum Gasteiger partial charge on any atom is -0.494 e. The van der Waals surface area contributed by atoms with Crippen LogP contribution in [-0.4, -0.2) is 39.7 Å². The maximum absolute atomic E-state index is 13.6. The van der Waals surface area contributed by atoms with Crippen LogP contribution in [0.1, 0.15) is 15.9 Å². The van der Waals surface area contributed by atoms with Crippen LogP contribution < -0.4 is 15.0 Å². The molecule has 0 radical (unpaired) electrons. The normalized spacial score (nSPS) is 10.2. The Morgan fingerprint density at radius 2 is 1.81 bits per heavy atom. The van der Waals surface area contributed by atoms with Crippen LogP contribution in [0.2, 0.25) is 0 Å². The van der Waals surface area contributed by atoms with Gasteiger partial charge in [0.1, 0.15) is 0 Å². The maximum atomic E-state index is 13.6. The summed E-state index contributed by atoms with van der Waals surface area (Å²) in [5.74, 6) is -1.87. The van der Waals surface area contributed by atoms with Crippen LogP contribution in [0.25, 0.3) is 0 Å². The molecule has 2 rings (SSSR count). The first-order valence-electron chi connectivity index (χ1n) is 7.94. The van der Waals surface area contributed by atoms with E-state index < -0.39 is 24.3 Å². The van der Waals surface area contributed by atoms with Gasteiger partial charge in [0.15, 0.2) is 18.2 Å². The Kier molecular flexibility index (Phi) is 6.54. The largest absolute Gasteiger partial charge is 0.494 e. The fourth-order valence-electron chi connectivity index (χ4n) is 2.17. The second kappa shape index (κ2) is 8.84. The van der Waals surface area contributed by atoms with Crippen LogP contribution in [0.4, 0.5) is 10.1 Å². The van der Waals surface area contributed by atoms with Gasteiger partial charge >= 0.3 is 5.97 Å². The Balaban J connectivity index is 1.81. The van der Waals surface area contributed by atoms with E-state index >= 15 is 0 Å². The van der Waals surface area contributed by atoms with E-state index in [1.807, 2.05) is 43.3 Å². The van der Waals surface area contributed by atoms with Gasteiger partial charge in [-0.15, -0.1) is 0 Å². The van der Waals surface area contributed by atoms with Crippen LogP contribution in [0, 0.1) is 5.82 Å². The molecule has 26 heavy (non-hydrogen) atoms. The topological polar surface area (TPSA) is 67.9 Å². The van der Waals surface area contributed by atoms with Crippen molar-refractivity contribution < 1.29 is 23.5 Å². The van der Waals surface area contributed by atoms with Crippen molar-refractivity contribution in [2.75, 3.05) is 32.7 Å². The van der Waals surface area contributed by atoms with Gasteiger partial charge in [-0.3, -0.25) is 4.79 Å². The fraction of sp³-hybridized carbons (Fsp3) is 0.263.